The average Bonchev–Trinajstić information content (AvgIpc) is 3.34. The molecule has 5 rings (SSSR count). The highest BCUT2D eigenvalue weighted by molar-refractivity contribution is 7.91. The van der Waals surface area contributed by atoms with Crippen molar-refractivity contribution in [1.82, 2.24) is 10.2 Å². The number of hydrogen-bond donors (Lipinski definition) is 1. The first kappa shape index (κ1) is 27.0. The number of nitrogens with two attached hydrogens (primary N) is 1. The van der Waals surface area contributed by atoms with Crippen molar-refractivity contribution in [2.75, 3.05) is 16.9 Å². The Labute approximate surface area is 230 Å². The largest absolute Gasteiger partial charge is 0.416 e. The summed E-state index contributed by atoms with van der Waals surface area (Å²) < 4.78 is 55.8. The van der Waals surface area contributed by atoms with E-state index in [0.29, 0.717) is 21.7 Å². The highest BCUT2D eigenvalue weighted by Gasteiger charge is 2.36. The Hall–Kier alpha value is -3.58. The Bertz CT molecular complexity index is 1820. The van der Waals surface area contributed by atoms with E-state index in [2.05, 4.69) is 10.2 Å². The topological polar surface area (TPSA) is 154 Å². The van der Waals surface area contributed by atoms with Crippen molar-refractivity contribution in [2.45, 2.75) is 29.3 Å². The zero-order chi connectivity index (χ0) is 28.1. The van der Waals surface area contributed by atoms with E-state index in [0.717, 1.165) is 11.8 Å². The summed E-state index contributed by atoms with van der Waals surface area (Å²) in [6, 6.07) is 14.6. The Balaban J connectivity index is 1.57. The van der Waals surface area contributed by atoms with E-state index in [9.17, 15) is 21.6 Å². The third-order valence-electron chi connectivity index (χ3n) is 6.35. The maximum absolute atomic E-state index is 13.3. The second-order valence-electron chi connectivity index (χ2n) is 9.28. The fourth-order valence-corrected chi connectivity index (χ4v) is 6.72. The Morgan fingerprint density at radius 3 is 2.41 bits per heavy atom. The zero-order valence-electron chi connectivity index (χ0n) is 20.8. The van der Waals surface area contributed by atoms with Crippen molar-refractivity contribution in [1.29, 1.82) is 0 Å². The SMILES string of the molecule is Cc1cc(S(C)(=O)=O)ccc1-c1nnc(-c2ccc3c(c2)N(Cc2ccc(Cl)cc2)C(=O)[C@@H](N)CS3(=O)=O)o1. The van der Waals surface area contributed by atoms with Crippen LogP contribution in [-0.4, -0.2) is 51.0 Å². The molecule has 0 saturated heterocycles. The maximum atomic E-state index is 13.3. The molecule has 1 aromatic heterocycles. The van der Waals surface area contributed by atoms with Gasteiger partial charge in [0, 0.05) is 22.4 Å². The number of sulfone groups is 2. The average molecular weight is 587 g/mol. The van der Waals surface area contributed by atoms with Gasteiger partial charge >= 0.3 is 0 Å². The van der Waals surface area contributed by atoms with Crippen molar-refractivity contribution in [3.8, 4) is 22.9 Å². The molecule has 0 unspecified atom stereocenters. The Morgan fingerprint density at radius 1 is 1.05 bits per heavy atom. The van der Waals surface area contributed by atoms with Gasteiger partial charge in [0.05, 0.1) is 33.8 Å². The van der Waals surface area contributed by atoms with Crippen molar-refractivity contribution in [3.05, 3.63) is 76.8 Å². The van der Waals surface area contributed by atoms with Gasteiger partial charge in [-0.05, 0) is 66.6 Å². The summed E-state index contributed by atoms with van der Waals surface area (Å²) in [6.07, 6.45) is 1.12. The third-order valence-corrected chi connectivity index (χ3v) is 9.52. The molecule has 1 aliphatic heterocycles. The highest BCUT2D eigenvalue weighted by Crippen LogP contribution is 2.36. The maximum Gasteiger partial charge on any atom is 0.248 e. The number of aromatic nitrogens is 2. The van der Waals surface area contributed by atoms with E-state index in [1.165, 1.54) is 35.2 Å². The molecular formula is C26H23ClN4O6S2. The van der Waals surface area contributed by atoms with Crippen LogP contribution < -0.4 is 10.6 Å². The summed E-state index contributed by atoms with van der Waals surface area (Å²) in [4.78, 5) is 14.7. The van der Waals surface area contributed by atoms with Crippen LogP contribution in [0.15, 0.2) is 74.9 Å². The minimum absolute atomic E-state index is 0.0338. The number of carbonyl (C=O) groups is 1. The van der Waals surface area contributed by atoms with Crippen molar-refractivity contribution < 1.29 is 26.0 Å². The van der Waals surface area contributed by atoms with Crippen LogP contribution in [0.1, 0.15) is 11.1 Å². The monoisotopic (exact) mass is 586 g/mol. The van der Waals surface area contributed by atoms with Gasteiger partial charge in [-0.25, -0.2) is 16.8 Å². The number of rotatable bonds is 5. The molecule has 1 aliphatic rings. The molecule has 0 radical (unpaired) electrons. The van der Waals surface area contributed by atoms with Gasteiger partial charge in [-0.3, -0.25) is 4.79 Å². The first-order valence-electron chi connectivity index (χ1n) is 11.7. The van der Waals surface area contributed by atoms with Crippen LogP contribution in [0, 0.1) is 6.92 Å². The summed E-state index contributed by atoms with van der Waals surface area (Å²) >= 11 is 5.99. The number of hydrogen-bond acceptors (Lipinski definition) is 9. The second kappa shape index (κ2) is 9.87. The number of aryl methyl sites for hydroxylation is 1. The number of amides is 1. The van der Waals surface area contributed by atoms with E-state index in [4.69, 9.17) is 21.8 Å². The summed E-state index contributed by atoms with van der Waals surface area (Å²) in [5.74, 6) is -0.828. The van der Waals surface area contributed by atoms with Gasteiger partial charge in [0.2, 0.25) is 17.7 Å². The molecule has 13 heteroatoms. The van der Waals surface area contributed by atoms with E-state index >= 15 is 0 Å². The second-order valence-corrected chi connectivity index (χ2v) is 13.7. The van der Waals surface area contributed by atoms with Crippen LogP contribution in [0.4, 0.5) is 5.69 Å². The molecule has 0 bridgehead atoms. The molecule has 0 saturated carbocycles. The van der Waals surface area contributed by atoms with Gasteiger partial charge in [-0.1, -0.05) is 23.7 Å². The number of nitrogens with zero attached hydrogens (tertiary/aromatic N) is 3. The fourth-order valence-electron chi connectivity index (χ4n) is 4.33. The van der Waals surface area contributed by atoms with Gasteiger partial charge in [-0.15, -0.1) is 10.2 Å². The smallest absolute Gasteiger partial charge is 0.248 e. The predicted molar refractivity (Wildman–Crippen MR) is 146 cm³/mol. The molecule has 2 N–H and O–H groups in total. The number of fused-ring (bicyclic) bond motifs is 1. The highest BCUT2D eigenvalue weighted by atomic mass is 35.5. The van der Waals surface area contributed by atoms with Gasteiger partial charge in [0.25, 0.3) is 0 Å². The first-order valence-corrected chi connectivity index (χ1v) is 15.6. The molecule has 2 heterocycles. The fraction of sp³-hybridized carbons (Fsp3) is 0.192. The summed E-state index contributed by atoms with van der Waals surface area (Å²) in [7, 11) is -7.26. The summed E-state index contributed by atoms with van der Waals surface area (Å²) in [5, 5.41) is 8.73. The van der Waals surface area contributed by atoms with E-state index < -0.39 is 37.4 Å². The molecule has 0 aliphatic carbocycles. The normalized spacial score (nSPS) is 17.1. The van der Waals surface area contributed by atoms with E-state index in [1.54, 1.807) is 37.3 Å². The molecule has 3 aromatic carbocycles. The minimum atomic E-state index is -3.88. The summed E-state index contributed by atoms with van der Waals surface area (Å²) in [5.41, 5.74) is 8.42. The van der Waals surface area contributed by atoms with Crippen molar-refractivity contribution in [2.24, 2.45) is 5.73 Å². The van der Waals surface area contributed by atoms with Crippen LogP contribution in [0.5, 0.6) is 0 Å². The van der Waals surface area contributed by atoms with Crippen LogP contribution >= 0.6 is 11.6 Å². The quantitative estimate of drug-likeness (QED) is 0.370. The zero-order valence-corrected chi connectivity index (χ0v) is 23.2. The molecular weight excluding hydrogens is 564 g/mol. The molecule has 0 spiro atoms. The number of halogens is 1. The van der Waals surface area contributed by atoms with Gasteiger partial charge in [0.1, 0.15) is 0 Å². The lowest BCUT2D eigenvalue weighted by atomic mass is 10.1. The molecule has 39 heavy (non-hydrogen) atoms. The summed E-state index contributed by atoms with van der Waals surface area (Å²) in [6.45, 7) is 1.79. The standard InChI is InChI=1S/C26H23ClN4O6S2/c1-15-11-19(38(2,33)34)8-9-20(15)25-30-29-24(37-25)17-5-10-23-22(12-17)31(13-16-3-6-18(27)7-4-16)26(32)21(28)14-39(23,35)36/h3-12,21H,13-14,28H2,1-2H3/t21-/m0/s1. The van der Waals surface area contributed by atoms with Gasteiger partial charge in [-0.2, -0.15) is 0 Å². The molecule has 0 fully saturated rings. The number of anilines is 1. The lowest BCUT2D eigenvalue weighted by Crippen LogP contribution is -2.45. The van der Waals surface area contributed by atoms with E-state index in [1.807, 2.05) is 0 Å². The predicted octanol–water partition coefficient (Wildman–Crippen LogP) is 3.42. The number of benzene rings is 3. The molecule has 202 valence electrons. The lowest BCUT2D eigenvalue weighted by Gasteiger charge is -2.24. The molecule has 4 aromatic rings. The molecule has 10 nitrogen and oxygen atoms in total. The molecule has 1 atom stereocenters. The van der Waals surface area contributed by atoms with Gasteiger partial charge in [0.15, 0.2) is 19.7 Å². The van der Waals surface area contributed by atoms with Gasteiger partial charge < -0.3 is 15.1 Å². The first-order chi connectivity index (χ1) is 18.3. The van der Waals surface area contributed by atoms with Crippen LogP contribution in [0.2, 0.25) is 5.02 Å². The van der Waals surface area contributed by atoms with Crippen LogP contribution in [-0.2, 0) is 31.0 Å². The van der Waals surface area contributed by atoms with E-state index in [-0.39, 0.29) is 33.8 Å². The Morgan fingerprint density at radius 2 is 1.74 bits per heavy atom. The van der Waals surface area contributed by atoms with Crippen LogP contribution in [0.25, 0.3) is 22.9 Å². The lowest BCUT2D eigenvalue weighted by molar-refractivity contribution is -0.119. The third kappa shape index (κ3) is 5.33. The van der Waals surface area contributed by atoms with Crippen LogP contribution in [0.3, 0.4) is 0 Å². The Kier molecular flexibility index (Phi) is 6.83. The molecule has 1 amide bonds. The minimum Gasteiger partial charge on any atom is -0.416 e. The van der Waals surface area contributed by atoms with Crippen molar-refractivity contribution >= 4 is 42.9 Å². The number of carbonyl (C=O) groups excluding carboxylic acids is 1. The van der Waals surface area contributed by atoms with Crippen molar-refractivity contribution in [3.63, 3.8) is 0 Å².